The van der Waals surface area contributed by atoms with Crippen molar-refractivity contribution in [3.8, 4) is 6.07 Å². The molecule has 5 aliphatic carbocycles. The van der Waals surface area contributed by atoms with Crippen molar-refractivity contribution in [2.24, 2.45) is 23.2 Å². The summed E-state index contributed by atoms with van der Waals surface area (Å²) in [6.07, 6.45) is 11.3. The minimum atomic E-state index is -0.705. The summed E-state index contributed by atoms with van der Waals surface area (Å²) >= 11 is 0. The fourth-order valence-corrected chi connectivity index (χ4v) is 5.99. The van der Waals surface area contributed by atoms with Crippen LogP contribution in [0.2, 0.25) is 0 Å². The third kappa shape index (κ3) is 1.80. The Morgan fingerprint density at radius 1 is 1.00 bits per heavy atom. The molecule has 108 valence electrons. The maximum absolute atomic E-state index is 12.7. The Hall–Kier alpha value is -1.04. The number of rotatable bonds is 2. The van der Waals surface area contributed by atoms with E-state index in [0.29, 0.717) is 0 Å². The summed E-state index contributed by atoms with van der Waals surface area (Å²) in [5.74, 6) is 2.56. The maximum Gasteiger partial charge on any atom is 0.240 e. The molecule has 3 heteroatoms. The van der Waals surface area contributed by atoms with Crippen LogP contribution in [0.3, 0.4) is 0 Å². The van der Waals surface area contributed by atoms with E-state index in [2.05, 4.69) is 11.4 Å². The third-order valence-electron chi connectivity index (χ3n) is 6.52. The second-order valence-corrected chi connectivity index (χ2v) is 8.05. The van der Waals surface area contributed by atoms with Gasteiger partial charge in [-0.2, -0.15) is 5.26 Å². The highest BCUT2D eigenvalue weighted by Crippen LogP contribution is 2.56. The summed E-state index contributed by atoms with van der Waals surface area (Å²) in [5.41, 5.74) is -0.651. The van der Waals surface area contributed by atoms with Gasteiger partial charge in [0, 0.05) is 5.54 Å². The smallest absolute Gasteiger partial charge is 0.240 e. The average Bonchev–Trinajstić information content (AvgIpc) is 2.86. The molecule has 0 atom stereocenters. The maximum atomic E-state index is 12.7. The van der Waals surface area contributed by atoms with E-state index in [1.54, 1.807) is 0 Å². The standard InChI is InChI=1S/C17H24N2O/c18-11-16(3-1-2-4-16)15(20)19-17-8-12-5-13(9-17)7-14(6-12)10-17/h12-14H,1-10H2,(H,19,20). The second-order valence-electron chi connectivity index (χ2n) is 8.05. The summed E-state index contributed by atoms with van der Waals surface area (Å²) in [5, 5.41) is 12.9. The van der Waals surface area contributed by atoms with Crippen molar-refractivity contribution in [3.05, 3.63) is 0 Å². The van der Waals surface area contributed by atoms with E-state index in [-0.39, 0.29) is 11.4 Å². The van der Waals surface area contributed by atoms with E-state index in [4.69, 9.17) is 0 Å². The Bertz CT molecular complexity index is 435. The zero-order valence-electron chi connectivity index (χ0n) is 12.2. The highest BCUT2D eigenvalue weighted by molar-refractivity contribution is 5.86. The van der Waals surface area contributed by atoms with Gasteiger partial charge in [-0.15, -0.1) is 0 Å². The van der Waals surface area contributed by atoms with Gasteiger partial charge in [-0.3, -0.25) is 4.79 Å². The first-order valence-corrected chi connectivity index (χ1v) is 8.37. The first-order valence-electron chi connectivity index (χ1n) is 8.37. The van der Waals surface area contributed by atoms with Crippen molar-refractivity contribution < 1.29 is 4.79 Å². The van der Waals surface area contributed by atoms with Crippen LogP contribution in [0.4, 0.5) is 0 Å². The predicted molar refractivity (Wildman–Crippen MR) is 75.6 cm³/mol. The monoisotopic (exact) mass is 272 g/mol. The van der Waals surface area contributed by atoms with Crippen LogP contribution in [-0.2, 0) is 4.79 Å². The molecule has 0 unspecified atom stereocenters. The zero-order chi connectivity index (χ0) is 13.8. The Kier molecular flexibility index (Phi) is 2.68. The number of nitrogens with one attached hydrogen (secondary N) is 1. The van der Waals surface area contributed by atoms with Crippen LogP contribution in [0.5, 0.6) is 0 Å². The predicted octanol–water partition coefficient (Wildman–Crippen LogP) is 3.16. The molecular formula is C17H24N2O. The average molecular weight is 272 g/mol. The van der Waals surface area contributed by atoms with Gasteiger partial charge in [-0.25, -0.2) is 0 Å². The molecular weight excluding hydrogens is 248 g/mol. The van der Waals surface area contributed by atoms with Crippen molar-refractivity contribution in [1.29, 1.82) is 5.26 Å². The molecule has 0 aromatic carbocycles. The summed E-state index contributed by atoms with van der Waals surface area (Å²) in [6.45, 7) is 0. The molecule has 5 saturated carbocycles. The Balaban J connectivity index is 1.54. The minimum Gasteiger partial charge on any atom is -0.349 e. The number of hydrogen-bond donors (Lipinski definition) is 1. The summed E-state index contributed by atoms with van der Waals surface area (Å²) in [7, 11) is 0. The number of nitriles is 1. The molecule has 0 aromatic heterocycles. The van der Waals surface area contributed by atoms with Crippen molar-refractivity contribution in [1.82, 2.24) is 5.32 Å². The molecule has 0 radical (unpaired) electrons. The van der Waals surface area contributed by atoms with E-state index in [9.17, 15) is 10.1 Å². The summed E-state index contributed by atoms with van der Waals surface area (Å²) in [6, 6.07) is 2.35. The Morgan fingerprint density at radius 2 is 1.50 bits per heavy atom. The summed E-state index contributed by atoms with van der Waals surface area (Å²) < 4.78 is 0. The van der Waals surface area contributed by atoms with Gasteiger partial charge in [0.2, 0.25) is 5.91 Å². The molecule has 3 nitrogen and oxygen atoms in total. The molecule has 1 N–H and O–H groups in total. The van der Waals surface area contributed by atoms with Crippen molar-refractivity contribution in [2.45, 2.75) is 69.7 Å². The fourth-order valence-electron chi connectivity index (χ4n) is 5.99. The molecule has 20 heavy (non-hydrogen) atoms. The molecule has 4 bridgehead atoms. The van der Waals surface area contributed by atoms with Crippen LogP contribution in [0.1, 0.15) is 64.2 Å². The van der Waals surface area contributed by atoms with Gasteiger partial charge in [-0.05, 0) is 69.1 Å². The lowest BCUT2D eigenvalue weighted by Crippen LogP contribution is -2.61. The molecule has 0 spiro atoms. The van der Waals surface area contributed by atoms with Crippen LogP contribution in [0.25, 0.3) is 0 Å². The van der Waals surface area contributed by atoms with Crippen molar-refractivity contribution >= 4 is 5.91 Å². The van der Waals surface area contributed by atoms with Gasteiger partial charge >= 0.3 is 0 Å². The number of nitrogens with zero attached hydrogens (tertiary/aromatic N) is 1. The summed E-state index contributed by atoms with van der Waals surface area (Å²) in [4.78, 5) is 12.7. The second kappa shape index (κ2) is 4.23. The lowest BCUT2D eigenvalue weighted by Gasteiger charge is -2.57. The van der Waals surface area contributed by atoms with Crippen LogP contribution in [0.15, 0.2) is 0 Å². The topological polar surface area (TPSA) is 52.9 Å². The molecule has 1 amide bonds. The highest BCUT2D eigenvalue weighted by Gasteiger charge is 2.53. The molecule has 5 fully saturated rings. The normalized spacial score (nSPS) is 44.2. The Morgan fingerprint density at radius 3 is 1.95 bits per heavy atom. The number of carbonyl (C=O) groups excluding carboxylic acids is 1. The number of amides is 1. The van der Waals surface area contributed by atoms with E-state index in [1.165, 1.54) is 38.5 Å². The van der Waals surface area contributed by atoms with E-state index >= 15 is 0 Å². The van der Waals surface area contributed by atoms with Gasteiger partial charge < -0.3 is 5.32 Å². The first-order chi connectivity index (χ1) is 9.63. The molecule has 5 rings (SSSR count). The lowest BCUT2D eigenvalue weighted by atomic mass is 9.53. The largest absolute Gasteiger partial charge is 0.349 e. The number of hydrogen-bond acceptors (Lipinski definition) is 2. The van der Waals surface area contributed by atoms with Crippen LogP contribution >= 0.6 is 0 Å². The third-order valence-corrected chi connectivity index (χ3v) is 6.52. The van der Waals surface area contributed by atoms with Crippen LogP contribution in [-0.4, -0.2) is 11.4 Å². The van der Waals surface area contributed by atoms with E-state index in [0.717, 1.165) is 43.4 Å². The van der Waals surface area contributed by atoms with Gasteiger partial charge in [0.1, 0.15) is 5.41 Å². The quantitative estimate of drug-likeness (QED) is 0.839. The van der Waals surface area contributed by atoms with Gasteiger partial charge in [0.15, 0.2) is 0 Å². The Labute approximate surface area is 121 Å². The SMILES string of the molecule is N#CC1(C(=O)NC23CC4CC(CC(C4)C2)C3)CCCC1. The van der Waals surface area contributed by atoms with Gasteiger partial charge in [0.05, 0.1) is 6.07 Å². The molecule has 0 aliphatic heterocycles. The van der Waals surface area contributed by atoms with Crippen molar-refractivity contribution in [3.63, 3.8) is 0 Å². The number of carbonyl (C=O) groups is 1. The fraction of sp³-hybridized carbons (Fsp3) is 0.882. The first kappa shape index (κ1) is 12.7. The van der Waals surface area contributed by atoms with E-state index < -0.39 is 5.41 Å². The van der Waals surface area contributed by atoms with Crippen LogP contribution < -0.4 is 5.32 Å². The minimum absolute atomic E-state index is 0.0538. The molecule has 0 heterocycles. The molecule has 5 aliphatic rings. The molecule has 0 aromatic rings. The van der Waals surface area contributed by atoms with Gasteiger partial charge in [0.25, 0.3) is 0 Å². The highest BCUT2D eigenvalue weighted by atomic mass is 16.2. The molecule has 0 saturated heterocycles. The van der Waals surface area contributed by atoms with E-state index in [1.807, 2.05) is 0 Å². The van der Waals surface area contributed by atoms with Gasteiger partial charge in [-0.1, -0.05) is 12.8 Å². The lowest BCUT2D eigenvalue weighted by molar-refractivity contribution is -0.133. The van der Waals surface area contributed by atoms with Crippen LogP contribution in [0, 0.1) is 34.5 Å². The van der Waals surface area contributed by atoms with Crippen molar-refractivity contribution in [2.75, 3.05) is 0 Å². The zero-order valence-corrected chi connectivity index (χ0v) is 12.2.